The van der Waals surface area contributed by atoms with Crippen LogP contribution in [-0.2, 0) is 22.1 Å². The Hall–Kier alpha value is -1.56. The first-order valence-corrected chi connectivity index (χ1v) is 6.46. The van der Waals surface area contributed by atoms with E-state index in [1.807, 2.05) is 0 Å². The molecule has 0 aliphatic heterocycles. The topological polar surface area (TPSA) is 38.3 Å². The molecular formula is C14H18F3NO2. The molecule has 0 fully saturated rings. The molecule has 0 bridgehead atoms. The van der Waals surface area contributed by atoms with Crippen LogP contribution in [-0.4, -0.2) is 25.7 Å². The van der Waals surface area contributed by atoms with E-state index >= 15 is 0 Å². The van der Waals surface area contributed by atoms with Gasteiger partial charge < -0.3 is 10.1 Å². The molecule has 0 saturated heterocycles. The van der Waals surface area contributed by atoms with E-state index in [1.165, 1.54) is 6.07 Å². The van der Waals surface area contributed by atoms with Gasteiger partial charge in [-0.15, -0.1) is 0 Å². The number of carbonyl (C=O) groups is 1. The summed E-state index contributed by atoms with van der Waals surface area (Å²) in [5.41, 5.74) is -0.0232. The maximum absolute atomic E-state index is 12.5. The van der Waals surface area contributed by atoms with Crippen molar-refractivity contribution < 1.29 is 22.7 Å². The number of rotatable bonds is 7. The van der Waals surface area contributed by atoms with Gasteiger partial charge in [0.05, 0.1) is 18.6 Å². The Morgan fingerprint density at radius 2 is 2.05 bits per heavy atom. The number of alkyl halides is 3. The van der Waals surface area contributed by atoms with Gasteiger partial charge in [-0.3, -0.25) is 4.79 Å². The van der Waals surface area contributed by atoms with Crippen LogP contribution in [0.2, 0.25) is 0 Å². The van der Waals surface area contributed by atoms with E-state index in [0.717, 1.165) is 12.1 Å². The van der Waals surface area contributed by atoms with E-state index in [-0.39, 0.29) is 12.4 Å². The smallest absolute Gasteiger partial charge is 0.416 e. The lowest BCUT2D eigenvalue weighted by Crippen LogP contribution is -2.21. The Morgan fingerprint density at radius 3 is 2.70 bits per heavy atom. The molecule has 112 valence electrons. The van der Waals surface area contributed by atoms with Crippen LogP contribution in [0.4, 0.5) is 13.2 Å². The molecule has 0 radical (unpaired) electrons. The lowest BCUT2D eigenvalue weighted by Gasteiger charge is -2.09. The Bertz CT molecular complexity index is 433. The predicted octanol–water partition coefficient (Wildman–Crippen LogP) is 2.79. The molecule has 0 aliphatic carbocycles. The van der Waals surface area contributed by atoms with Crippen LogP contribution in [0.5, 0.6) is 0 Å². The fraction of sp³-hybridized carbons (Fsp3) is 0.500. The number of esters is 1. The van der Waals surface area contributed by atoms with Crippen LogP contribution in [0, 0.1) is 0 Å². The van der Waals surface area contributed by atoms with Crippen molar-refractivity contribution in [3.05, 3.63) is 35.4 Å². The number of hydrogen-bond donors (Lipinski definition) is 1. The highest BCUT2D eigenvalue weighted by atomic mass is 19.4. The molecule has 3 nitrogen and oxygen atoms in total. The van der Waals surface area contributed by atoms with Crippen LogP contribution in [0.1, 0.15) is 24.5 Å². The normalized spacial score (nSPS) is 11.4. The second-order valence-corrected chi connectivity index (χ2v) is 4.25. The molecule has 1 aromatic carbocycles. The van der Waals surface area contributed by atoms with Crippen LogP contribution in [0.3, 0.4) is 0 Å². The SMILES string of the molecule is CCOC(=O)CCNCCc1cccc(C(F)(F)F)c1. The molecular weight excluding hydrogens is 271 g/mol. The fourth-order valence-corrected chi connectivity index (χ4v) is 1.68. The number of ether oxygens (including phenoxy) is 1. The standard InChI is InChI=1S/C14H18F3NO2/c1-2-20-13(19)7-9-18-8-6-11-4-3-5-12(10-11)14(15,16)17/h3-5,10,18H,2,6-9H2,1H3. The number of halogens is 3. The summed E-state index contributed by atoms with van der Waals surface area (Å²) in [5.74, 6) is -0.279. The van der Waals surface area contributed by atoms with E-state index in [2.05, 4.69) is 5.32 Å². The molecule has 1 rings (SSSR count). The molecule has 6 heteroatoms. The Kier molecular flexibility index (Phi) is 6.51. The van der Waals surface area contributed by atoms with Crippen molar-refractivity contribution in [1.29, 1.82) is 0 Å². The molecule has 1 N–H and O–H groups in total. The molecule has 0 saturated carbocycles. The van der Waals surface area contributed by atoms with E-state index in [9.17, 15) is 18.0 Å². The number of hydrogen-bond acceptors (Lipinski definition) is 3. The molecule has 1 aromatic rings. The van der Waals surface area contributed by atoms with Gasteiger partial charge in [-0.25, -0.2) is 0 Å². The summed E-state index contributed by atoms with van der Waals surface area (Å²) >= 11 is 0. The molecule has 0 aromatic heterocycles. The summed E-state index contributed by atoms with van der Waals surface area (Å²) in [4.78, 5) is 11.0. The number of benzene rings is 1. The first-order chi connectivity index (χ1) is 9.43. The van der Waals surface area contributed by atoms with E-state index in [1.54, 1.807) is 13.0 Å². The third-order valence-corrected chi connectivity index (χ3v) is 2.66. The summed E-state index contributed by atoms with van der Waals surface area (Å²) < 4.78 is 42.3. The molecule has 0 amide bonds. The zero-order valence-electron chi connectivity index (χ0n) is 11.3. The van der Waals surface area contributed by atoms with Crippen LogP contribution in [0.15, 0.2) is 24.3 Å². The summed E-state index contributed by atoms with van der Waals surface area (Å²) in [6, 6.07) is 5.25. The van der Waals surface area contributed by atoms with Gasteiger partial charge in [-0.1, -0.05) is 18.2 Å². The molecule has 20 heavy (non-hydrogen) atoms. The summed E-state index contributed by atoms with van der Waals surface area (Å²) in [6.07, 6.45) is -3.57. The lowest BCUT2D eigenvalue weighted by atomic mass is 10.1. The highest BCUT2D eigenvalue weighted by molar-refractivity contribution is 5.69. The van der Waals surface area contributed by atoms with Crippen LogP contribution < -0.4 is 5.32 Å². The lowest BCUT2D eigenvalue weighted by molar-refractivity contribution is -0.143. The average molecular weight is 289 g/mol. The van der Waals surface area contributed by atoms with Crippen LogP contribution >= 0.6 is 0 Å². The molecule has 0 heterocycles. The van der Waals surface area contributed by atoms with Crippen molar-refractivity contribution in [3.8, 4) is 0 Å². The first kappa shape index (κ1) is 16.5. The Morgan fingerprint density at radius 1 is 1.30 bits per heavy atom. The molecule has 0 atom stereocenters. The van der Waals surface area contributed by atoms with Gasteiger partial charge in [0.15, 0.2) is 0 Å². The van der Waals surface area contributed by atoms with Gasteiger partial charge in [0, 0.05) is 6.54 Å². The van der Waals surface area contributed by atoms with Gasteiger partial charge in [0.25, 0.3) is 0 Å². The predicted molar refractivity (Wildman–Crippen MR) is 69.3 cm³/mol. The third kappa shape index (κ3) is 6.06. The maximum Gasteiger partial charge on any atom is 0.416 e. The Labute approximate surface area is 116 Å². The minimum Gasteiger partial charge on any atom is -0.466 e. The van der Waals surface area contributed by atoms with Gasteiger partial charge in [-0.2, -0.15) is 13.2 Å². The second-order valence-electron chi connectivity index (χ2n) is 4.25. The third-order valence-electron chi connectivity index (χ3n) is 2.66. The molecule has 0 unspecified atom stereocenters. The highest BCUT2D eigenvalue weighted by Gasteiger charge is 2.30. The van der Waals surface area contributed by atoms with Crippen molar-refractivity contribution in [2.45, 2.75) is 25.9 Å². The summed E-state index contributed by atoms with van der Waals surface area (Å²) in [6.45, 7) is 3.06. The van der Waals surface area contributed by atoms with E-state index < -0.39 is 11.7 Å². The van der Waals surface area contributed by atoms with Crippen LogP contribution in [0.25, 0.3) is 0 Å². The van der Waals surface area contributed by atoms with Gasteiger partial charge in [-0.05, 0) is 31.5 Å². The van der Waals surface area contributed by atoms with Gasteiger partial charge >= 0.3 is 12.1 Å². The minimum atomic E-state index is -4.31. The largest absolute Gasteiger partial charge is 0.466 e. The van der Waals surface area contributed by atoms with Crippen molar-refractivity contribution in [1.82, 2.24) is 5.32 Å². The summed E-state index contributed by atoms with van der Waals surface area (Å²) in [7, 11) is 0. The number of carbonyl (C=O) groups excluding carboxylic acids is 1. The maximum atomic E-state index is 12.5. The van der Waals surface area contributed by atoms with Crippen molar-refractivity contribution in [2.24, 2.45) is 0 Å². The monoisotopic (exact) mass is 289 g/mol. The highest BCUT2D eigenvalue weighted by Crippen LogP contribution is 2.29. The van der Waals surface area contributed by atoms with E-state index in [0.29, 0.717) is 31.7 Å². The van der Waals surface area contributed by atoms with Crippen molar-refractivity contribution in [2.75, 3.05) is 19.7 Å². The minimum absolute atomic E-state index is 0.260. The second kappa shape index (κ2) is 7.89. The number of nitrogens with one attached hydrogen (secondary N) is 1. The zero-order valence-corrected chi connectivity index (χ0v) is 11.3. The summed E-state index contributed by atoms with van der Waals surface area (Å²) in [5, 5.41) is 3.00. The quantitative estimate of drug-likeness (QED) is 0.619. The fourth-order valence-electron chi connectivity index (χ4n) is 1.68. The van der Waals surface area contributed by atoms with E-state index in [4.69, 9.17) is 4.74 Å². The van der Waals surface area contributed by atoms with Gasteiger partial charge in [0.1, 0.15) is 0 Å². The molecule has 0 spiro atoms. The Balaban J connectivity index is 2.31. The zero-order chi connectivity index (χ0) is 15.0. The average Bonchev–Trinajstić information content (AvgIpc) is 2.38. The van der Waals surface area contributed by atoms with Gasteiger partial charge in [0.2, 0.25) is 0 Å². The first-order valence-electron chi connectivity index (χ1n) is 6.46. The molecule has 0 aliphatic rings. The van der Waals surface area contributed by atoms with Crippen molar-refractivity contribution >= 4 is 5.97 Å². The van der Waals surface area contributed by atoms with Crippen molar-refractivity contribution in [3.63, 3.8) is 0 Å².